The Morgan fingerprint density at radius 2 is 1.67 bits per heavy atom. The molecule has 0 heterocycles. The van der Waals surface area contributed by atoms with E-state index < -0.39 is 11.7 Å². The average Bonchev–Trinajstić information content (AvgIpc) is 2.77. The van der Waals surface area contributed by atoms with Crippen LogP contribution in [0, 0.1) is 11.3 Å². The van der Waals surface area contributed by atoms with Crippen molar-refractivity contribution in [3.05, 3.63) is 65.2 Å². The highest BCUT2D eigenvalue weighted by atomic mass is 16.6. The number of nitrogens with zero attached hydrogens (tertiary/aromatic N) is 2. The van der Waals surface area contributed by atoms with Crippen LogP contribution in [-0.2, 0) is 17.8 Å². The number of nitriles is 1. The number of alkyl carbamates (subject to hydrolysis) is 1. The number of aliphatic hydroxyl groups is 1. The minimum Gasteiger partial charge on any atom is -0.444 e. The molecule has 0 fully saturated rings. The molecule has 0 atom stereocenters. The number of nitrogens with one attached hydrogen (secondary N) is 2. The lowest BCUT2D eigenvalue weighted by Gasteiger charge is -2.23. The van der Waals surface area contributed by atoms with Crippen molar-refractivity contribution >= 4 is 17.8 Å². The number of rotatable bonds is 9. The number of anilines is 1. The first-order chi connectivity index (χ1) is 15.7. The molecule has 8 heteroatoms. The summed E-state index contributed by atoms with van der Waals surface area (Å²) in [7, 11) is 0. The minimum absolute atomic E-state index is 0.0745. The summed E-state index contributed by atoms with van der Waals surface area (Å²) in [5.41, 5.74) is 2.43. The Morgan fingerprint density at radius 1 is 1.03 bits per heavy atom. The number of carbonyl (C=O) groups is 2. The van der Waals surface area contributed by atoms with E-state index in [-0.39, 0.29) is 12.6 Å². The minimum atomic E-state index is -0.557. The summed E-state index contributed by atoms with van der Waals surface area (Å²) in [6, 6.07) is 16.1. The van der Waals surface area contributed by atoms with Crippen LogP contribution in [0.25, 0.3) is 0 Å². The molecule has 2 aromatic carbocycles. The number of benzene rings is 2. The monoisotopic (exact) mass is 452 g/mol. The highest BCUT2D eigenvalue weighted by molar-refractivity contribution is 5.89. The van der Waals surface area contributed by atoms with E-state index in [9.17, 15) is 9.59 Å². The molecule has 2 aromatic rings. The number of hydrogen-bond acceptors (Lipinski definition) is 5. The van der Waals surface area contributed by atoms with Crippen LogP contribution in [0.2, 0.25) is 0 Å². The first-order valence-corrected chi connectivity index (χ1v) is 10.9. The lowest BCUT2D eigenvalue weighted by Crippen LogP contribution is -2.35. The van der Waals surface area contributed by atoms with E-state index in [4.69, 9.17) is 15.1 Å². The SMILES string of the molecule is CC(C)(C)OC(=O)NCc1ccc(NC(=O)N(CCCCO)Cc2ccc(C#N)cc2)cc1. The number of aliphatic hydroxyl groups excluding tert-OH is 1. The fraction of sp³-hybridized carbons (Fsp3) is 0.400. The molecule has 0 aliphatic carbocycles. The van der Waals surface area contributed by atoms with Gasteiger partial charge in [-0.25, -0.2) is 9.59 Å². The molecule has 33 heavy (non-hydrogen) atoms. The Balaban J connectivity index is 1.96. The van der Waals surface area contributed by atoms with E-state index in [0.29, 0.717) is 43.7 Å². The van der Waals surface area contributed by atoms with Gasteiger partial charge >= 0.3 is 12.1 Å². The molecule has 176 valence electrons. The molecule has 3 amide bonds. The van der Waals surface area contributed by atoms with Gasteiger partial charge in [0.25, 0.3) is 0 Å². The van der Waals surface area contributed by atoms with Crippen molar-refractivity contribution in [3.8, 4) is 6.07 Å². The molecular weight excluding hydrogens is 420 g/mol. The van der Waals surface area contributed by atoms with Gasteiger partial charge in [0.15, 0.2) is 0 Å². The maximum Gasteiger partial charge on any atom is 0.407 e. The second-order valence-corrected chi connectivity index (χ2v) is 8.64. The summed E-state index contributed by atoms with van der Waals surface area (Å²) in [6.07, 6.45) is 0.799. The summed E-state index contributed by atoms with van der Waals surface area (Å²) < 4.78 is 5.22. The first-order valence-electron chi connectivity index (χ1n) is 10.9. The zero-order valence-corrected chi connectivity index (χ0v) is 19.4. The second kappa shape index (κ2) is 12.5. The zero-order chi connectivity index (χ0) is 24.3. The summed E-state index contributed by atoms with van der Waals surface area (Å²) in [6.45, 7) is 6.68. The molecule has 2 rings (SSSR count). The molecule has 3 N–H and O–H groups in total. The van der Waals surface area contributed by atoms with E-state index in [0.717, 1.165) is 11.1 Å². The normalized spacial score (nSPS) is 10.8. The van der Waals surface area contributed by atoms with Gasteiger partial charge < -0.3 is 25.4 Å². The number of amides is 3. The Labute approximate surface area is 195 Å². The molecule has 0 radical (unpaired) electrons. The third-order valence-corrected chi connectivity index (χ3v) is 4.62. The Hall–Kier alpha value is -3.57. The van der Waals surface area contributed by atoms with Gasteiger partial charge in [-0.15, -0.1) is 0 Å². The smallest absolute Gasteiger partial charge is 0.407 e. The van der Waals surface area contributed by atoms with Crippen molar-refractivity contribution in [3.63, 3.8) is 0 Å². The number of carbonyl (C=O) groups excluding carboxylic acids is 2. The maximum absolute atomic E-state index is 12.9. The van der Waals surface area contributed by atoms with Gasteiger partial charge in [0.1, 0.15) is 5.60 Å². The Kier molecular flexibility index (Phi) is 9.70. The molecule has 0 bridgehead atoms. The van der Waals surface area contributed by atoms with Gasteiger partial charge in [0.05, 0.1) is 11.6 Å². The van der Waals surface area contributed by atoms with Crippen LogP contribution in [0.3, 0.4) is 0 Å². The molecule has 0 aliphatic rings. The fourth-order valence-electron chi connectivity index (χ4n) is 2.97. The summed E-state index contributed by atoms with van der Waals surface area (Å²) in [5.74, 6) is 0. The van der Waals surface area contributed by atoms with Crippen LogP contribution in [0.5, 0.6) is 0 Å². The van der Waals surface area contributed by atoms with Gasteiger partial charge in [-0.2, -0.15) is 5.26 Å². The summed E-state index contributed by atoms with van der Waals surface area (Å²) >= 11 is 0. The Morgan fingerprint density at radius 3 is 2.24 bits per heavy atom. The summed E-state index contributed by atoms with van der Waals surface area (Å²) in [4.78, 5) is 26.4. The number of hydrogen-bond donors (Lipinski definition) is 3. The van der Waals surface area contributed by atoms with Crippen LogP contribution in [0.15, 0.2) is 48.5 Å². The van der Waals surface area contributed by atoms with Crippen LogP contribution in [0.4, 0.5) is 15.3 Å². The highest BCUT2D eigenvalue weighted by Gasteiger charge is 2.16. The molecule has 8 nitrogen and oxygen atoms in total. The van der Waals surface area contributed by atoms with E-state index in [1.165, 1.54) is 0 Å². The van der Waals surface area contributed by atoms with Crippen molar-refractivity contribution in [2.75, 3.05) is 18.5 Å². The maximum atomic E-state index is 12.9. The van der Waals surface area contributed by atoms with Crippen molar-refractivity contribution < 1.29 is 19.4 Å². The van der Waals surface area contributed by atoms with Gasteiger partial charge in [0, 0.05) is 31.9 Å². The third-order valence-electron chi connectivity index (χ3n) is 4.62. The van der Waals surface area contributed by atoms with Crippen molar-refractivity contribution in [2.24, 2.45) is 0 Å². The second-order valence-electron chi connectivity index (χ2n) is 8.64. The van der Waals surface area contributed by atoms with Crippen LogP contribution < -0.4 is 10.6 Å². The van der Waals surface area contributed by atoms with Crippen LogP contribution in [0.1, 0.15) is 50.3 Å². The fourth-order valence-corrected chi connectivity index (χ4v) is 2.97. The lowest BCUT2D eigenvalue weighted by atomic mass is 10.1. The van der Waals surface area contributed by atoms with E-state index in [2.05, 4.69) is 16.7 Å². The molecule has 0 aromatic heterocycles. The molecular formula is C25H32N4O4. The topological polar surface area (TPSA) is 115 Å². The standard InChI is InChI=1S/C25H32N4O4/c1-25(2,3)33-24(32)27-17-20-10-12-22(13-11-20)28-23(31)29(14-4-5-15-30)18-21-8-6-19(16-26)7-9-21/h6-13,30H,4-5,14-15,17-18H2,1-3H3,(H,27,32)(H,28,31). The Bertz CT molecular complexity index is 944. The highest BCUT2D eigenvalue weighted by Crippen LogP contribution is 2.14. The average molecular weight is 453 g/mol. The molecule has 0 spiro atoms. The van der Waals surface area contributed by atoms with Crippen LogP contribution >= 0.6 is 0 Å². The van der Waals surface area contributed by atoms with E-state index >= 15 is 0 Å². The van der Waals surface area contributed by atoms with Crippen molar-refractivity contribution in [1.82, 2.24) is 10.2 Å². The molecule has 0 saturated carbocycles. The third kappa shape index (κ3) is 9.62. The van der Waals surface area contributed by atoms with E-state index in [1.807, 2.05) is 24.3 Å². The van der Waals surface area contributed by atoms with Gasteiger partial charge in [-0.3, -0.25) is 0 Å². The first kappa shape index (κ1) is 25.7. The number of urea groups is 1. The van der Waals surface area contributed by atoms with Crippen molar-refractivity contribution in [1.29, 1.82) is 5.26 Å². The molecule has 0 unspecified atom stereocenters. The van der Waals surface area contributed by atoms with E-state index in [1.54, 1.807) is 49.9 Å². The predicted molar refractivity (Wildman–Crippen MR) is 126 cm³/mol. The lowest BCUT2D eigenvalue weighted by molar-refractivity contribution is 0.0523. The van der Waals surface area contributed by atoms with Gasteiger partial charge in [0.2, 0.25) is 0 Å². The quantitative estimate of drug-likeness (QED) is 0.488. The molecule has 0 aliphatic heterocycles. The number of ether oxygens (including phenoxy) is 1. The molecule has 0 saturated heterocycles. The van der Waals surface area contributed by atoms with Crippen molar-refractivity contribution in [2.45, 2.75) is 52.3 Å². The zero-order valence-electron chi connectivity index (χ0n) is 19.4. The largest absolute Gasteiger partial charge is 0.444 e. The number of unbranched alkanes of at least 4 members (excludes halogenated alkanes) is 1. The van der Waals surface area contributed by atoms with Crippen LogP contribution in [-0.4, -0.2) is 40.9 Å². The van der Waals surface area contributed by atoms with Gasteiger partial charge in [-0.05, 0) is 69.0 Å². The predicted octanol–water partition coefficient (Wildman–Crippen LogP) is 4.39. The van der Waals surface area contributed by atoms with Gasteiger partial charge in [-0.1, -0.05) is 24.3 Å². The summed E-state index contributed by atoms with van der Waals surface area (Å²) in [5, 5.41) is 23.6.